The van der Waals surface area contributed by atoms with Crippen molar-refractivity contribution >= 4 is 51.5 Å². The molecular formula is C17H9Cl2F5INO2. The third kappa shape index (κ3) is 4.17. The van der Waals surface area contributed by atoms with Gasteiger partial charge in [-0.1, -0.05) is 29.3 Å². The van der Waals surface area contributed by atoms with E-state index >= 15 is 0 Å². The maximum absolute atomic E-state index is 13.9. The number of alkyl halides is 5. The Labute approximate surface area is 179 Å². The smallest absolute Gasteiger partial charge is 0.428 e. The molecule has 28 heavy (non-hydrogen) atoms. The molecule has 0 aliphatic carbocycles. The number of hydrogen-bond acceptors (Lipinski definition) is 3. The van der Waals surface area contributed by atoms with Crippen LogP contribution in [-0.2, 0) is 10.4 Å². The first-order valence-corrected chi connectivity index (χ1v) is 9.30. The standard InChI is InChI=1S/C17H9Cl2F5INO2/c18-10-4-9(5-11(19)6-10)16(17(22,23)24)7-13(26-28-16)8-1-2-12(25)14(3-8)27-15(20)21/h1-7,15,26H. The summed E-state index contributed by atoms with van der Waals surface area (Å²) in [5.74, 6) is -0.175. The third-order valence-corrected chi connectivity index (χ3v) is 5.17. The molecule has 1 aliphatic heterocycles. The minimum atomic E-state index is -4.87. The number of nitrogens with one attached hydrogen (secondary N) is 1. The van der Waals surface area contributed by atoms with Crippen molar-refractivity contribution in [3.63, 3.8) is 0 Å². The molecule has 0 radical (unpaired) electrons. The van der Waals surface area contributed by atoms with Crippen molar-refractivity contribution in [2.75, 3.05) is 0 Å². The Morgan fingerprint density at radius 1 is 1.07 bits per heavy atom. The minimum Gasteiger partial charge on any atom is -0.434 e. The summed E-state index contributed by atoms with van der Waals surface area (Å²) in [6.07, 6.45) is -4.08. The topological polar surface area (TPSA) is 30.5 Å². The molecule has 0 saturated heterocycles. The highest BCUT2D eigenvalue weighted by atomic mass is 127. The molecule has 0 aromatic heterocycles. The maximum atomic E-state index is 13.9. The highest BCUT2D eigenvalue weighted by Crippen LogP contribution is 2.48. The van der Waals surface area contributed by atoms with Gasteiger partial charge in [-0.25, -0.2) is 0 Å². The van der Waals surface area contributed by atoms with E-state index in [0.717, 1.165) is 18.2 Å². The van der Waals surface area contributed by atoms with E-state index in [1.807, 2.05) is 0 Å². The van der Waals surface area contributed by atoms with Crippen molar-refractivity contribution in [2.24, 2.45) is 0 Å². The maximum Gasteiger partial charge on any atom is 0.428 e. The molecule has 0 fully saturated rings. The normalized spacial score (nSPS) is 19.5. The second-order valence-corrected chi connectivity index (χ2v) is 7.71. The summed E-state index contributed by atoms with van der Waals surface area (Å²) in [5.41, 5.74) is -0.910. The quantitative estimate of drug-likeness (QED) is 0.346. The highest BCUT2D eigenvalue weighted by molar-refractivity contribution is 14.1. The average Bonchev–Trinajstić information content (AvgIpc) is 3.02. The van der Waals surface area contributed by atoms with Gasteiger partial charge in [0.2, 0.25) is 5.60 Å². The lowest BCUT2D eigenvalue weighted by molar-refractivity contribution is -0.269. The van der Waals surface area contributed by atoms with Gasteiger partial charge in [-0.2, -0.15) is 22.0 Å². The number of halogens is 8. The molecule has 11 heteroatoms. The second-order valence-electron chi connectivity index (χ2n) is 5.68. The predicted octanol–water partition coefficient (Wildman–Crippen LogP) is 6.53. The van der Waals surface area contributed by atoms with E-state index in [-0.39, 0.29) is 32.6 Å². The lowest BCUT2D eigenvalue weighted by Gasteiger charge is -2.28. The van der Waals surface area contributed by atoms with E-state index in [1.54, 1.807) is 22.6 Å². The Balaban J connectivity index is 2.10. The van der Waals surface area contributed by atoms with Crippen LogP contribution in [0.2, 0.25) is 10.0 Å². The Kier molecular flexibility index (Phi) is 6.00. The fraction of sp³-hybridized carbons (Fsp3) is 0.176. The van der Waals surface area contributed by atoms with Gasteiger partial charge in [-0.05, 0) is 59.0 Å². The first-order chi connectivity index (χ1) is 13.0. The summed E-state index contributed by atoms with van der Waals surface area (Å²) >= 11 is 13.5. The molecule has 0 spiro atoms. The number of ether oxygens (including phenoxy) is 1. The zero-order chi connectivity index (χ0) is 20.7. The largest absolute Gasteiger partial charge is 0.434 e. The molecule has 150 valence electrons. The molecule has 1 N–H and O–H groups in total. The van der Waals surface area contributed by atoms with Crippen LogP contribution in [0.1, 0.15) is 11.1 Å². The summed E-state index contributed by atoms with van der Waals surface area (Å²) in [7, 11) is 0. The molecule has 0 bridgehead atoms. The van der Waals surface area contributed by atoms with E-state index in [4.69, 9.17) is 28.0 Å². The Hall–Kier alpha value is -1.30. The lowest BCUT2D eigenvalue weighted by atomic mass is 9.91. The van der Waals surface area contributed by atoms with Gasteiger partial charge >= 0.3 is 12.8 Å². The van der Waals surface area contributed by atoms with E-state index in [0.29, 0.717) is 3.57 Å². The Morgan fingerprint density at radius 2 is 1.71 bits per heavy atom. The van der Waals surface area contributed by atoms with E-state index in [1.165, 1.54) is 24.3 Å². The zero-order valence-corrected chi connectivity index (χ0v) is 17.1. The molecule has 0 amide bonds. The van der Waals surface area contributed by atoms with Crippen LogP contribution in [0, 0.1) is 3.57 Å². The van der Waals surface area contributed by atoms with Gasteiger partial charge in [0.1, 0.15) is 5.75 Å². The number of benzene rings is 2. The number of hydroxylamine groups is 1. The zero-order valence-electron chi connectivity index (χ0n) is 13.5. The average molecular weight is 552 g/mol. The monoisotopic (exact) mass is 551 g/mol. The van der Waals surface area contributed by atoms with Gasteiger partial charge in [0.05, 0.1) is 9.27 Å². The van der Waals surface area contributed by atoms with Gasteiger partial charge in [0.15, 0.2) is 0 Å². The number of hydrogen-bond donors (Lipinski definition) is 1. The second kappa shape index (κ2) is 7.85. The fourth-order valence-corrected chi connectivity index (χ4v) is 3.60. The van der Waals surface area contributed by atoms with Crippen molar-refractivity contribution in [1.82, 2.24) is 5.48 Å². The highest BCUT2D eigenvalue weighted by Gasteiger charge is 2.59. The summed E-state index contributed by atoms with van der Waals surface area (Å²) in [6.45, 7) is -3.08. The van der Waals surface area contributed by atoms with Crippen molar-refractivity contribution in [1.29, 1.82) is 0 Å². The molecule has 3 nitrogen and oxygen atoms in total. The van der Waals surface area contributed by atoms with Crippen LogP contribution in [-0.4, -0.2) is 12.8 Å². The van der Waals surface area contributed by atoms with E-state index < -0.39 is 18.4 Å². The van der Waals surface area contributed by atoms with Gasteiger partial charge in [0.25, 0.3) is 0 Å². The molecular weight excluding hydrogens is 543 g/mol. The predicted molar refractivity (Wildman–Crippen MR) is 102 cm³/mol. The van der Waals surface area contributed by atoms with Crippen molar-refractivity contribution < 1.29 is 31.5 Å². The van der Waals surface area contributed by atoms with Gasteiger partial charge in [0, 0.05) is 21.2 Å². The molecule has 1 heterocycles. The van der Waals surface area contributed by atoms with E-state index in [2.05, 4.69) is 10.2 Å². The molecule has 1 unspecified atom stereocenters. The Bertz CT molecular complexity index is 918. The van der Waals surface area contributed by atoms with Crippen molar-refractivity contribution in [3.8, 4) is 5.75 Å². The first-order valence-electron chi connectivity index (χ1n) is 7.47. The molecule has 0 saturated carbocycles. The van der Waals surface area contributed by atoms with Crippen LogP contribution in [0.5, 0.6) is 5.75 Å². The van der Waals surface area contributed by atoms with Crippen molar-refractivity contribution in [2.45, 2.75) is 18.4 Å². The van der Waals surface area contributed by atoms with Gasteiger partial charge < -0.3 is 4.74 Å². The first kappa shape index (κ1) is 21.4. The minimum absolute atomic E-state index is 0.00143. The SMILES string of the molecule is FC(F)Oc1cc(C2=CC(c3cc(Cl)cc(Cl)c3)(C(F)(F)F)ON2)ccc1I. The van der Waals surface area contributed by atoms with Gasteiger partial charge in [-0.3, -0.25) is 10.3 Å². The molecule has 1 atom stereocenters. The van der Waals surface area contributed by atoms with E-state index in [9.17, 15) is 22.0 Å². The van der Waals surface area contributed by atoms with Crippen LogP contribution in [0.15, 0.2) is 42.5 Å². The fourth-order valence-electron chi connectivity index (χ4n) is 2.61. The lowest BCUT2D eigenvalue weighted by Crippen LogP contribution is -2.42. The van der Waals surface area contributed by atoms with Crippen LogP contribution >= 0.6 is 45.8 Å². The summed E-state index contributed by atoms with van der Waals surface area (Å²) in [6, 6.07) is 7.52. The van der Waals surface area contributed by atoms with Crippen LogP contribution in [0.4, 0.5) is 22.0 Å². The Morgan fingerprint density at radius 3 is 2.29 bits per heavy atom. The van der Waals surface area contributed by atoms with Crippen LogP contribution in [0.3, 0.4) is 0 Å². The summed E-state index contributed by atoms with van der Waals surface area (Å²) in [4.78, 5) is 4.94. The van der Waals surface area contributed by atoms with Gasteiger partial charge in [-0.15, -0.1) is 0 Å². The van der Waals surface area contributed by atoms with Crippen LogP contribution in [0.25, 0.3) is 5.70 Å². The molecule has 2 aromatic rings. The third-order valence-electron chi connectivity index (χ3n) is 3.84. The number of rotatable bonds is 4. The summed E-state index contributed by atoms with van der Waals surface area (Å²) in [5, 5.41) is -0.00285. The molecule has 2 aromatic carbocycles. The molecule has 1 aliphatic rings. The summed E-state index contributed by atoms with van der Waals surface area (Å²) < 4.78 is 71.7. The van der Waals surface area contributed by atoms with Crippen molar-refractivity contribution in [3.05, 3.63) is 67.2 Å². The molecule has 3 rings (SSSR count). The van der Waals surface area contributed by atoms with Crippen LogP contribution < -0.4 is 10.2 Å².